The largest absolute Gasteiger partial charge is 0.271 e. The maximum Gasteiger partial charge on any atom is 0.0705 e. The number of nitrogens with one attached hydrogen (secondary N) is 1. The fourth-order valence-electron chi connectivity index (χ4n) is 2.54. The Hall–Kier alpha value is -1.94. The SMILES string of the molecule is NNC(Cc1ccc(Cl)cc1)c1ccnc2ccccc12. The van der Waals surface area contributed by atoms with Crippen LogP contribution in [0.15, 0.2) is 60.8 Å². The Kier molecular flexibility index (Phi) is 4.15. The first-order chi connectivity index (χ1) is 10.3. The van der Waals surface area contributed by atoms with Crippen LogP contribution in [0, 0.1) is 0 Å². The summed E-state index contributed by atoms with van der Waals surface area (Å²) in [6.45, 7) is 0. The molecule has 1 aromatic heterocycles. The topological polar surface area (TPSA) is 50.9 Å². The van der Waals surface area contributed by atoms with Gasteiger partial charge < -0.3 is 0 Å². The van der Waals surface area contributed by atoms with Crippen LogP contribution in [0.1, 0.15) is 17.2 Å². The van der Waals surface area contributed by atoms with E-state index in [0.717, 1.165) is 27.9 Å². The van der Waals surface area contributed by atoms with Crippen LogP contribution in [0.25, 0.3) is 10.9 Å². The van der Waals surface area contributed by atoms with E-state index >= 15 is 0 Å². The van der Waals surface area contributed by atoms with Crippen molar-refractivity contribution in [3.8, 4) is 0 Å². The number of para-hydroxylation sites is 1. The van der Waals surface area contributed by atoms with Crippen LogP contribution in [0.4, 0.5) is 0 Å². The number of nitrogens with two attached hydrogens (primary N) is 1. The van der Waals surface area contributed by atoms with Crippen molar-refractivity contribution in [2.75, 3.05) is 0 Å². The van der Waals surface area contributed by atoms with Gasteiger partial charge in [-0.1, -0.05) is 41.9 Å². The molecule has 4 heteroatoms. The molecule has 0 aliphatic rings. The molecule has 1 unspecified atom stereocenters. The lowest BCUT2D eigenvalue weighted by atomic mass is 9.96. The zero-order valence-electron chi connectivity index (χ0n) is 11.5. The van der Waals surface area contributed by atoms with Crippen molar-refractivity contribution in [3.63, 3.8) is 0 Å². The van der Waals surface area contributed by atoms with E-state index in [-0.39, 0.29) is 6.04 Å². The van der Waals surface area contributed by atoms with Crippen molar-refractivity contribution in [1.82, 2.24) is 10.4 Å². The molecule has 0 bridgehead atoms. The van der Waals surface area contributed by atoms with E-state index in [1.54, 1.807) is 0 Å². The Morgan fingerprint density at radius 1 is 1.05 bits per heavy atom. The fourth-order valence-corrected chi connectivity index (χ4v) is 2.66. The van der Waals surface area contributed by atoms with Gasteiger partial charge in [0.2, 0.25) is 0 Å². The number of rotatable bonds is 4. The van der Waals surface area contributed by atoms with Crippen molar-refractivity contribution in [2.45, 2.75) is 12.5 Å². The third-order valence-corrected chi connectivity index (χ3v) is 3.86. The average molecular weight is 298 g/mol. The molecular formula is C17H16ClN3. The highest BCUT2D eigenvalue weighted by Crippen LogP contribution is 2.25. The molecule has 0 aliphatic carbocycles. The van der Waals surface area contributed by atoms with Crippen molar-refractivity contribution in [1.29, 1.82) is 0 Å². The first kappa shape index (κ1) is 14.0. The Morgan fingerprint density at radius 2 is 1.81 bits per heavy atom. The second-order valence-electron chi connectivity index (χ2n) is 4.97. The number of halogens is 1. The molecule has 0 saturated carbocycles. The van der Waals surface area contributed by atoms with E-state index < -0.39 is 0 Å². The molecule has 106 valence electrons. The lowest BCUT2D eigenvalue weighted by Gasteiger charge is -2.18. The summed E-state index contributed by atoms with van der Waals surface area (Å²) in [5, 5.41) is 1.86. The predicted molar refractivity (Wildman–Crippen MR) is 87.0 cm³/mol. The summed E-state index contributed by atoms with van der Waals surface area (Å²) < 4.78 is 0. The molecule has 21 heavy (non-hydrogen) atoms. The highest BCUT2D eigenvalue weighted by molar-refractivity contribution is 6.30. The minimum absolute atomic E-state index is 0.0269. The molecule has 3 aromatic rings. The zero-order chi connectivity index (χ0) is 14.7. The summed E-state index contributed by atoms with van der Waals surface area (Å²) in [6.07, 6.45) is 2.62. The van der Waals surface area contributed by atoms with Crippen molar-refractivity contribution < 1.29 is 0 Å². The molecule has 0 radical (unpaired) electrons. The summed E-state index contributed by atoms with van der Waals surface area (Å²) in [6, 6.07) is 18.0. The maximum atomic E-state index is 5.93. The maximum absolute atomic E-state index is 5.93. The number of benzene rings is 2. The number of pyridine rings is 1. The molecule has 3 N–H and O–H groups in total. The third kappa shape index (κ3) is 3.05. The highest BCUT2D eigenvalue weighted by atomic mass is 35.5. The van der Waals surface area contributed by atoms with E-state index in [2.05, 4.69) is 16.5 Å². The standard InChI is InChI=1S/C17H16ClN3/c18-13-7-5-12(6-8-13)11-17(21-19)15-9-10-20-16-4-2-1-3-14(15)16/h1-10,17,21H,11,19H2. The van der Waals surface area contributed by atoms with E-state index in [9.17, 15) is 0 Å². The molecule has 0 aliphatic heterocycles. The Bertz CT molecular complexity index is 735. The number of hydrazine groups is 1. The zero-order valence-corrected chi connectivity index (χ0v) is 12.2. The predicted octanol–water partition coefficient (Wildman–Crippen LogP) is 3.64. The van der Waals surface area contributed by atoms with Gasteiger partial charge in [-0.2, -0.15) is 0 Å². The lowest BCUT2D eigenvalue weighted by molar-refractivity contribution is 0.555. The van der Waals surface area contributed by atoms with Crippen molar-refractivity contribution in [3.05, 3.63) is 76.9 Å². The third-order valence-electron chi connectivity index (χ3n) is 3.61. The van der Waals surface area contributed by atoms with Crippen molar-refractivity contribution >= 4 is 22.5 Å². The smallest absolute Gasteiger partial charge is 0.0705 e. The van der Waals surface area contributed by atoms with Gasteiger partial charge in [0.25, 0.3) is 0 Å². The van der Waals surface area contributed by atoms with E-state index in [4.69, 9.17) is 17.4 Å². The summed E-state index contributed by atoms with van der Waals surface area (Å²) >= 11 is 5.93. The van der Waals surface area contributed by atoms with Gasteiger partial charge in [-0.25, -0.2) is 0 Å². The fraction of sp³-hybridized carbons (Fsp3) is 0.118. The van der Waals surface area contributed by atoms with Crippen LogP contribution in [0.2, 0.25) is 5.02 Å². The number of hydrogen-bond acceptors (Lipinski definition) is 3. The summed E-state index contributed by atoms with van der Waals surface area (Å²) in [7, 11) is 0. The van der Waals surface area contributed by atoms with Crippen LogP contribution >= 0.6 is 11.6 Å². The van der Waals surface area contributed by atoms with Crippen LogP contribution in [-0.2, 0) is 6.42 Å². The van der Waals surface area contributed by atoms with Gasteiger partial charge in [-0.05, 0) is 41.8 Å². The molecule has 3 rings (SSSR count). The van der Waals surface area contributed by atoms with Gasteiger partial charge in [0.15, 0.2) is 0 Å². The molecule has 2 aromatic carbocycles. The summed E-state index contributed by atoms with van der Waals surface area (Å²) in [4.78, 5) is 4.39. The monoisotopic (exact) mass is 297 g/mol. The van der Waals surface area contributed by atoms with Crippen LogP contribution in [-0.4, -0.2) is 4.98 Å². The molecule has 0 amide bonds. The number of aromatic nitrogens is 1. The van der Waals surface area contributed by atoms with Gasteiger partial charge in [-0.3, -0.25) is 16.3 Å². The van der Waals surface area contributed by atoms with Gasteiger partial charge in [0.05, 0.1) is 11.6 Å². The Balaban J connectivity index is 1.96. The van der Waals surface area contributed by atoms with E-state index in [1.807, 2.05) is 54.7 Å². The van der Waals surface area contributed by atoms with Crippen LogP contribution < -0.4 is 11.3 Å². The molecule has 1 atom stereocenters. The minimum Gasteiger partial charge on any atom is -0.271 e. The molecule has 0 saturated heterocycles. The van der Waals surface area contributed by atoms with E-state index in [1.165, 1.54) is 5.56 Å². The lowest BCUT2D eigenvalue weighted by Crippen LogP contribution is -2.29. The molecular weight excluding hydrogens is 282 g/mol. The van der Waals surface area contributed by atoms with Crippen molar-refractivity contribution in [2.24, 2.45) is 5.84 Å². The Morgan fingerprint density at radius 3 is 2.57 bits per heavy atom. The second-order valence-corrected chi connectivity index (χ2v) is 5.40. The van der Waals surface area contributed by atoms with Crippen LogP contribution in [0.3, 0.4) is 0 Å². The van der Waals surface area contributed by atoms with Gasteiger partial charge >= 0.3 is 0 Å². The minimum atomic E-state index is 0.0269. The van der Waals surface area contributed by atoms with Gasteiger partial charge in [0.1, 0.15) is 0 Å². The Labute approximate surface area is 128 Å². The first-order valence-corrected chi connectivity index (χ1v) is 7.20. The molecule has 0 spiro atoms. The average Bonchev–Trinajstić information content (AvgIpc) is 2.54. The quantitative estimate of drug-likeness (QED) is 0.571. The van der Waals surface area contributed by atoms with Gasteiger partial charge in [0, 0.05) is 16.6 Å². The van der Waals surface area contributed by atoms with Crippen LogP contribution in [0.5, 0.6) is 0 Å². The van der Waals surface area contributed by atoms with Gasteiger partial charge in [-0.15, -0.1) is 0 Å². The number of fused-ring (bicyclic) bond motifs is 1. The summed E-state index contributed by atoms with van der Waals surface area (Å²) in [5.74, 6) is 5.78. The second kappa shape index (κ2) is 6.22. The normalized spacial score (nSPS) is 12.5. The van der Waals surface area contributed by atoms with E-state index in [0.29, 0.717) is 0 Å². The number of nitrogens with zero attached hydrogens (tertiary/aromatic N) is 1. The molecule has 1 heterocycles. The highest BCUT2D eigenvalue weighted by Gasteiger charge is 2.13. The first-order valence-electron chi connectivity index (χ1n) is 6.82. The molecule has 3 nitrogen and oxygen atoms in total. The molecule has 0 fully saturated rings. The number of hydrogen-bond donors (Lipinski definition) is 2. The summed E-state index contributed by atoms with van der Waals surface area (Å²) in [5.41, 5.74) is 6.23.